The van der Waals surface area contributed by atoms with Crippen LogP contribution in [0.25, 0.3) is 10.8 Å². The maximum Gasteiger partial charge on any atom is 0.280 e. The molecule has 2 aromatic carbocycles. The number of hydrogen-bond donors (Lipinski definition) is 1. The van der Waals surface area contributed by atoms with Crippen molar-refractivity contribution in [1.82, 2.24) is 0 Å². The molecule has 0 spiro atoms. The highest BCUT2D eigenvalue weighted by Crippen LogP contribution is 2.38. The van der Waals surface area contributed by atoms with Gasteiger partial charge in [0.05, 0.1) is 10.3 Å². The third kappa shape index (κ3) is 2.69. The summed E-state index contributed by atoms with van der Waals surface area (Å²) in [5.41, 5.74) is -3.87. The van der Waals surface area contributed by atoms with Crippen molar-refractivity contribution in [2.45, 2.75) is 11.9 Å². The molecule has 0 bridgehead atoms. The molecule has 0 aliphatic heterocycles. The van der Waals surface area contributed by atoms with E-state index in [0.29, 0.717) is 12.1 Å². The molecular weight excluding hydrogens is 302 g/mol. The van der Waals surface area contributed by atoms with Gasteiger partial charge in [0, 0.05) is 5.56 Å². The van der Waals surface area contributed by atoms with Crippen LogP contribution in [0.5, 0.6) is 5.75 Å². The van der Waals surface area contributed by atoms with E-state index in [4.69, 9.17) is 0 Å². The minimum atomic E-state index is -4.50. The summed E-state index contributed by atoms with van der Waals surface area (Å²) >= 11 is 0. The highest BCUT2D eigenvalue weighted by molar-refractivity contribution is 5.94. The van der Waals surface area contributed by atoms with Crippen molar-refractivity contribution in [2.24, 2.45) is 0 Å². The lowest BCUT2D eigenvalue weighted by molar-refractivity contribution is -0.921. The van der Waals surface area contributed by atoms with E-state index >= 15 is 0 Å². The Morgan fingerprint density at radius 3 is 2.00 bits per heavy atom. The third-order valence-corrected chi connectivity index (χ3v) is 2.94. The van der Waals surface area contributed by atoms with Crippen LogP contribution in [0.15, 0.2) is 24.3 Å². The summed E-state index contributed by atoms with van der Waals surface area (Å²) in [6, 6.07) is 2.96. The van der Waals surface area contributed by atoms with Gasteiger partial charge in [-0.25, -0.2) is 0 Å². The Labute approximate surface area is 121 Å². The first-order valence-electron chi connectivity index (χ1n) is 5.60. The molecule has 22 heavy (non-hydrogen) atoms. The number of rotatable bonds is 3. The number of phenols is 1. The fourth-order valence-electron chi connectivity index (χ4n) is 2.04. The van der Waals surface area contributed by atoms with Crippen LogP contribution in [-0.2, 0) is 11.9 Å². The van der Waals surface area contributed by atoms with Crippen LogP contribution in [0.3, 0.4) is 0 Å². The van der Waals surface area contributed by atoms with Crippen LogP contribution in [0, 0.1) is 10.1 Å². The van der Waals surface area contributed by atoms with Gasteiger partial charge >= 0.3 is 0 Å². The first-order valence-corrected chi connectivity index (χ1v) is 5.60. The van der Waals surface area contributed by atoms with E-state index in [1.807, 2.05) is 0 Å². The number of phenolic OH excluding ortho intramolecular Hbond substituents is 1. The predicted octanol–water partition coefficient (Wildman–Crippen LogP) is -5.16. The molecule has 118 valence electrons. The first kappa shape index (κ1) is 16.0. The molecule has 0 unspecified atom stereocenters. The molecular formula is C12H5NO9-6. The molecule has 1 N–H and O–H groups in total. The molecule has 0 saturated carbocycles. The third-order valence-electron chi connectivity index (χ3n) is 2.94. The monoisotopic (exact) mass is 307 g/mol. The lowest BCUT2D eigenvalue weighted by atomic mass is 9.98. The minimum Gasteiger partial charge on any atom is -0.873 e. The Morgan fingerprint density at radius 2 is 1.55 bits per heavy atom. The van der Waals surface area contributed by atoms with Crippen LogP contribution in [0.4, 0.5) is 5.69 Å². The molecule has 10 nitrogen and oxygen atoms in total. The topological polar surface area (TPSA) is 202 Å². The molecule has 0 heterocycles. The number of nitro groups is 1. The van der Waals surface area contributed by atoms with Crippen molar-refractivity contribution >= 4 is 16.5 Å². The first-order chi connectivity index (χ1) is 9.93. The van der Waals surface area contributed by atoms with Gasteiger partial charge in [-0.1, -0.05) is 17.7 Å². The quantitative estimate of drug-likeness (QED) is 0.326. The molecule has 10 heteroatoms. The highest BCUT2D eigenvalue weighted by Gasteiger charge is 2.22. The molecule has 2 rings (SSSR count). The van der Waals surface area contributed by atoms with Crippen LogP contribution in [-0.4, -0.2) is 10.0 Å². The molecule has 0 aliphatic carbocycles. The van der Waals surface area contributed by atoms with Gasteiger partial charge in [-0.2, -0.15) is 0 Å². The Morgan fingerprint density at radius 1 is 0.955 bits per heavy atom. The van der Waals surface area contributed by atoms with E-state index in [0.717, 1.165) is 12.1 Å². The average molecular weight is 307 g/mol. The van der Waals surface area contributed by atoms with E-state index in [2.05, 4.69) is 0 Å². The summed E-state index contributed by atoms with van der Waals surface area (Å²) in [5.74, 6) is -9.77. The second kappa shape index (κ2) is 4.84. The number of hydrogen-bond acceptors (Lipinski definition) is 9. The summed E-state index contributed by atoms with van der Waals surface area (Å²) in [7, 11) is 0. The normalized spacial score (nSPS) is 12.6. The maximum atomic E-state index is 11.0. The summed E-state index contributed by atoms with van der Waals surface area (Å²) in [4.78, 5) is 9.75. The summed E-state index contributed by atoms with van der Waals surface area (Å²) in [6.07, 6.45) is 0. The van der Waals surface area contributed by atoms with Gasteiger partial charge in [0.25, 0.3) is 5.69 Å². The van der Waals surface area contributed by atoms with Crippen molar-refractivity contribution in [3.05, 3.63) is 45.5 Å². The van der Waals surface area contributed by atoms with Crippen LogP contribution in [0.1, 0.15) is 11.1 Å². The number of benzene rings is 2. The standard InChI is InChI=1S/C12H5NO9/c14-8-3-5-1-2-6(11(15,16)17)4-7(5)10(13(21)22)9(8)12(18,19)20/h1-4,14H/q-6. The van der Waals surface area contributed by atoms with Crippen LogP contribution in [0.2, 0.25) is 0 Å². The Bertz CT molecular complexity index is 758. The fraction of sp³-hybridized carbons (Fsp3) is 0.167. The zero-order valence-corrected chi connectivity index (χ0v) is 10.5. The Hall–Kier alpha value is -2.34. The smallest absolute Gasteiger partial charge is 0.280 e. The fourth-order valence-corrected chi connectivity index (χ4v) is 2.04. The highest BCUT2D eigenvalue weighted by atomic mass is 16.7. The largest absolute Gasteiger partial charge is 0.873 e. The second-order valence-electron chi connectivity index (χ2n) is 4.42. The number of nitrogens with zero attached hydrogens (tertiary/aromatic N) is 1. The van der Waals surface area contributed by atoms with Gasteiger partial charge in [0.15, 0.2) is 0 Å². The second-order valence-corrected chi connectivity index (χ2v) is 4.42. The van der Waals surface area contributed by atoms with Crippen LogP contribution < -0.4 is 30.6 Å². The van der Waals surface area contributed by atoms with Gasteiger partial charge in [-0.05, 0) is 17.5 Å². The molecule has 2 aromatic rings. The minimum absolute atomic E-state index is 0.148. The van der Waals surface area contributed by atoms with E-state index in [9.17, 15) is 45.9 Å². The molecule has 0 saturated heterocycles. The molecule has 0 aliphatic rings. The molecule has 0 amide bonds. The van der Waals surface area contributed by atoms with Gasteiger partial charge < -0.3 is 35.7 Å². The Kier molecular flexibility index (Phi) is 3.53. The summed E-state index contributed by atoms with van der Waals surface area (Å²) in [5, 5.41) is 85.4. The molecule has 0 aromatic heterocycles. The summed E-state index contributed by atoms with van der Waals surface area (Å²) in [6.45, 7) is 0. The SMILES string of the molecule is O=[N+]([O-])c1c(C([O-])([O-])[O-])c(O)cc2ccc(C([O-])([O-])[O-])cc12. The van der Waals surface area contributed by atoms with Gasteiger partial charge in [0.2, 0.25) is 0 Å². The van der Waals surface area contributed by atoms with Gasteiger partial charge in [0.1, 0.15) is 5.75 Å². The van der Waals surface area contributed by atoms with E-state index in [1.54, 1.807) is 0 Å². The van der Waals surface area contributed by atoms with Crippen molar-refractivity contribution in [3.63, 3.8) is 0 Å². The van der Waals surface area contributed by atoms with Crippen molar-refractivity contribution in [2.75, 3.05) is 0 Å². The van der Waals surface area contributed by atoms with Gasteiger partial charge in [-0.15, -0.1) is 0 Å². The van der Waals surface area contributed by atoms with Crippen molar-refractivity contribution < 1.29 is 40.7 Å². The van der Waals surface area contributed by atoms with E-state index in [-0.39, 0.29) is 5.39 Å². The Balaban J connectivity index is 2.96. The number of fused-ring (bicyclic) bond motifs is 1. The molecule has 0 radical (unpaired) electrons. The lowest BCUT2D eigenvalue weighted by Gasteiger charge is -2.58. The number of aromatic hydroxyl groups is 1. The van der Waals surface area contributed by atoms with E-state index in [1.165, 1.54) is 0 Å². The molecule has 0 fully saturated rings. The van der Waals surface area contributed by atoms with Crippen molar-refractivity contribution in [1.29, 1.82) is 0 Å². The van der Waals surface area contributed by atoms with Gasteiger partial charge in [-0.3, -0.25) is 22.1 Å². The van der Waals surface area contributed by atoms with E-state index < -0.39 is 44.8 Å². The predicted molar refractivity (Wildman–Crippen MR) is 55.6 cm³/mol. The maximum absolute atomic E-state index is 11.0. The number of nitro benzene ring substituents is 1. The van der Waals surface area contributed by atoms with Crippen LogP contribution >= 0.6 is 0 Å². The zero-order chi connectivity index (χ0) is 16.9. The van der Waals surface area contributed by atoms with Crippen molar-refractivity contribution in [3.8, 4) is 5.75 Å². The molecule has 0 atom stereocenters. The zero-order valence-electron chi connectivity index (χ0n) is 10.5. The lowest BCUT2D eigenvalue weighted by Crippen LogP contribution is -2.63. The summed E-state index contributed by atoms with van der Waals surface area (Å²) < 4.78 is 0. The average Bonchev–Trinajstić information content (AvgIpc) is 2.33.